The van der Waals surface area contributed by atoms with Gasteiger partial charge in [-0.05, 0) is 56.4 Å². The van der Waals surface area contributed by atoms with Crippen LogP contribution in [0.2, 0.25) is 0 Å². The van der Waals surface area contributed by atoms with E-state index in [1.807, 2.05) is 11.7 Å². The van der Waals surface area contributed by atoms with Gasteiger partial charge in [-0.25, -0.2) is 0 Å². The maximum atomic E-state index is 12.5. The fourth-order valence-corrected chi connectivity index (χ4v) is 7.14. The molecular weight excluding hydrogens is 553 g/mol. The van der Waals surface area contributed by atoms with Crippen molar-refractivity contribution in [1.29, 1.82) is 0 Å². The number of imide groups is 1. The minimum Gasteiger partial charge on any atom is -0.367 e. The minimum absolute atomic E-state index is 0.188. The summed E-state index contributed by atoms with van der Waals surface area (Å²) >= 11 is 2.62. The molecule has 190 valence electrons. The second-order valence-corrected chi connectivity index (χ2v) is 12.7. The third kappa shape index (κ3) is 5.53. The van der Waals surface area contributed by atoms with E-state index in [0.29, 0.717) is 12.8 Å². The molecule has 2 saturated heterocycles. The molecule has 1 saturated carbocycles. The third-order valence-electron chi connectivity index (χ3n) is 8.24. The first-order chi connectivity index (χ1) is 16.9. The van der Waals surface area contributed by atoms with Crippen molar-refractivity contribution in [2.45, 2.75) is 61.7 Å². The van der Waals surface area contributed by atoms with Gasteiger partial charge in [-0.2, -0.15) is 5.10 Å². The highest BCUT2D eigenvalue weighted by Gasteiger charge is 2.32. The molecule has 3 aliphatic rings. The maximum absolute atomic E-state index is 12.5. The molecule has 1 aromatic heterocycles. The van der Waals surface area contributed by atoms with Crippen molar-refractivity contribution in [2.24, 2.45) is 18.9 Å². The van der Waals surface area contributed by atoms with E-state index in [-0.39, 0.29) is 17.7 Å². The lowest BCUT2D eigenvalue weighted by Crippen LogP contribution is -2.47. The van der Waals surface area contributed by atoms with E-state index in [4.69, 9.17) is 5.10 Å². The lowest BCUT2D eigenvalue weighted by molar-refractivity contribution is -0.134. The first-order valence-electron chi connectivity index (χ1n) is 13.3. The van der Waals surface area contributed by atoms with Crippen LogP contribution in [0.25, 0.3) is 10.9 Å². The average molecular weight is 592 g/mol. The quantitative estimate of drug-likeness (QED) is 0.310. The minimum atomic E-state index is -0.364. The standard InChI is InChI=1S/C27H38IN5O2/c1-18(16-19-6-8-20(28)9-7-19)17-32-12-14-33(15-13-32)23-5-3-4-21-25(30-31(2)26(21)23)22-10-11-24(34)29-27(22)35/h3-5,18-20,22H,6-17H2,1-2H3,(H,29,34,35)/t18-,19?,20?,22?/m1/s1. The number of carbonyl (C=O) groups is 2. The zero-order chi connectivity index (χ0) is 24.5. The van der Waals surface area contributed by atoms with Crippen LogP contribution in [-0.2, 0) is 16.6 Å². The van der Waals surface area contributed by atoms with E-state index < -0.39 is 0 Å². The smallest absolute Gasteiger partial charge is 0.235 e. The number of hydrogen-bond donors (Lipinski definition) is 1. The van der Waals surface area contributed by atoms with Gasteiger partial charge in [0.05, 0.1) is 22.8 Å². The highest BCUT2D eigenvalue weighted by molar-refractivity contribution is 14.1. The molecular formula is C27H38IN5O2. The number of nitrogens with one attached hydrogen (secondary N) is 1. The maximum Gasteiger partial charge on any atom is 0.235 e. The van der Waals surface area contributed by atoms with Crippen molar-refractivity contribution < 1.29 is 9.59 Å². The third-order valence-corrected chi connectivity index (χ3v) is 9.48. The Morgan fingerprint density at radius 1 is 1.09 bits per heavy atom. The number of hydrogen-bond acceptors (Lipinski definition) is 5. The lowest BCUT2D eigenvalue weighted by atomic mass is 9.83. The molecule has 7 nitrogen and oxygen atoms in total. The Balaban J connectivity index is 1.23. The number of nitrogens with zero attached hydrogens (tertiary/aromatic N) is 4. The number of amides is 2. The topological polar surface area (TPSA) is 70.5 Å². The average Bonchev–Trinajstić information content (AvgIpc) is 3.17. The molecule has 2 aromatic rings. The number of benzene rings is 1. The zero-order valence-electron chi connectivity index (χ0n) is 21.0. The van der Waals surface area contributed by atoms with Crippen LogP contribution in [0.4, 0.5) is 5.69 Å². The number of rotatable bonds is 6. The van der Waals surface area contributed by atoms with Crippen LogP contribution in [-0.4, -0.2) is 63.1 Å². The summed E-state index contributed by atoms with van der Waals surface area (Å²) in [5.74, 6) is 0.910. The second kappa shape index (κ2) is 10.7. The van der Waals surface area contributed by atoms with E-state index in [0.717, 1.165) is 58.5 Å². The van der Waals surface area contributed by atoms with Crippen LogP contribution < -0.4 is 10.2 Å². The normalized spacial score (nSPS) is 27.3. The van der Waals surface area contributed by atoms with Crippen molar-refractivity contribution in [2.75, 3.05) is 37.6 Å². The van der Waals surface area contributed by atoms with Crippen LogP contribution in [0.1, 0.15) is 63.5 Å². The summed E-state index contributed by atoms with van der Waals surface area (Å²) in [6, 6.07) is 6.32. The molecule has 1 aromatic carbocycles. The molecule has 0 spiro atoms. The largest absolute Gasteiger partial charge is 0.367 e. The molecule has 3 fully saturated rings. The molecule has 1 N–H and O–H groups in total. The van der Waals surface area contributed by atoms with E-state index >= 15 is 0 Å². The van der Waals surface area contributed by atoms with E-state index in [2.05, 4.69) is 62.8 Å². The summed E-state index contributed by atoms with van der Waals surface area (Å²) in [5.41, 5.74) is 3.07. The SMILES string of the molecule is C[C@H](CC1CCC(I)CC1)CN1CCN(c2cccc3c(C4CCC(=O)NC4=O)nn(C)c23)CC1. The Labute approximate surface area is 222 Å². The van der Waals surface area contributed by atoms with Gasteiger partial charge >= 0.3 is 0 Å². The Bertz CT molecular complexity index is 1070. The first-order valence-corrected chi connectivity index (χ1v) is 14.5. The van der Waals surface area contributed by atoms with Gasteiger partial charge in [-0.3, -0.25) is 24.5 Å². The Kier molecular flexibility index (Phi) is 7.67. The predicted molar refractivity (Wildman–Crippen MR) is 148 cm³/mol. The number of carbonyl (C=O) groups excluding carboxylic acids is 2. The number of alkyl halides is 1. The summed E-state index contributed by atoms with van der Waals surface area (Å²) in [7, 11) is 1.96. The van der Waals surface area contributed by atoms with Crippen molar-refractivity contribution >= 4 is 51.0 Å². The van der Waals surface area contributed by atoms with E-state index in [1.165, 1.54) is 44.3 Å². The Morgan fingerprint density at radius 2 is 1.83 bits per heavy atom. The van der Waals surface area contributed by atoms with Gasteiger partial charge < -0.3 is 4.90 Å². The summed E-state index contributed by atoms with van der Waals surface area (Å²) in [5, 5.41) is 8.27. The van der Waals surface area contributed by atoms with Crippen molar-refractivity contribution in [3.05, 3.63) is 23.9 Å². The van der Waals surface area contributed by atoms with Crippen LogP contribution in [0.5, 0.6) is 0 Å². The van der Waals surface area contributed by atoms with Crippen LogP contribution >= 0.6 is 22.6 Å². The van der Waals surface area contributed by atoms with Gasteiger partial charge in [-0.15, -0.1) is 0 Å². The predicted octanol–water partition coefficient (Wildman–Crippen LogP) is 4.24. The molecule has 35 heavy (non-hydrogen) atoms. The second-order valence-electron chi connectivity index (χ2n) is 10.9. The molecule has 2 amide bonds. The van der Waals surface area contributed by atoms with Gasteiger partial charge in [0.2, 0.25) is 11.8 Å². The van der Waals surface area contributed by atoms with Gasteiger partial charge in [0.1, 0.15) is 0 Å². The summed E-state index contributed by atoms with van der Waals surface area (Å²) in [6.45, 7) is 7.82. The Hall–Kier alpha value is -1.68. The van der Waals surface area contributed by atoms with Gasteiger partial charge in [0, 0.05) is 55.5 Å². The molecule has 1 aliphatic carbocycles. The van der Waals surface area contributed by atoms with Gasteiger partial charge in [0.25, 0.3) is 0 Å². The number of para-hydroxylation sites is 1. The molecule has 2 aliphatic heterocycles. The van der Waals surface area contributed by atoms with E-state index in [9.17, 15) is 9.59 Å². The lowest BCUT2D eigenvalue weighted by Gasteiger charge is -2.38. The number of fused-ring (bicyclic) bond motifs is 1. The molecule has 2 atom stereocenters. The van der Waals surface area contributed by atoms with Crippen molar-refractivity contribution in [3.8, 4) is 0 Å². The molecule has 3 heterocycles. The molecule has 0 bridgehead atoms. The number of anilines is 1. The highest BCUT2D eigenvalue weighted by atomic mass is 127. The monoisotopic (exact) mass is 591 g/mol. The van der Waals surface area contributed by atoms with Crippen LogP contribution in [0.3, 0.4) is 0 Å². The van der Waals surface area contributed by atoms with Crippen molar-refractivity contribution in [1.82, 2.24) is 20.0 Å². The number of aromatic nitrogens is 2. The summed E-state index contributed by atoms with van der Waals surface area (Å²) in [6.07, 6.45) is 7.91. The molecule has 8 heteroatoms. The number of piperazine rings is 1. The van der Waals surface area contributed by atoms with Crippen LogP contribution in [0, 0.1) is 11.8 Å². The number of piperidine rings is 1. The fourth-order valence-electron chi connectivity index (χ4n) is 6.42. The molecule has 0 radical (unpaired) electrons. The van der Waals surface area contributed by atoms with Crippen molar-refractivity contribution in [3.63, 3.8) is 0 Å². The zero-order valence-corrected chi connectivity index (χ0v) is 23.2. The van der Waals surface area contributed by atoms with Gasteiger partial charge in [-0.1, -0.05) is 41.6 Å². The highest BCUT2D eigenvalue weighted by Crippen LogP contribution is 2.36. The fraction of sp³-hybridized carbons (Fsp3) is 0.667. The molecule has 1 unspecified atom stereocenters. The number of aryl methyl sites for hydroxylation is 1. The van der Waals surface area contributed by atoms with Crippen LogP contribution in [0.15, 0.2) is 18.2 Å². The summed E-state index contributed by atoms with van der Waals surface area (Å²) < 4.78 is 2.82. The summed E-state index contributed by atoms with van der Waals surface area (Å²) in [4.78, 5) is 29.2. The first kappa shape index (κ1) is 25.0. The molecule has 5 rings (SSSR count). The van der Waals surface area contributed by atoms with Gasteiger partial charge in [0.15, 0.2) is 0 Å². The Morgan fingerprint density at radius 3 is 2.54 bits per heavy atom. The number of halogens is 1. The van der Waals surface area contributed by atoms with E-state index in [1.54, 1.807) is 0 Å².